The van der Waals surface area contributed by atoms with Crippen molar-refractivity contribution >= 4 is 29.4 Å². The van der Waals surface area contributed by atoms with Gasteiger partial charge in [-0.05, 0) is 0 Å². The molecule has 2 nitrogen and oxygen atoms in total. The Kier molecular flexibility index (Phi) is 6.43. The van der Waals surface area contributed by atoms with Gasteiger partial charge in [-0.2, -0.15) is 0 Å². The van der Waals surface area contributed by atoms with Gasteiger partial charge in [0.05, 0.1) is 0 Å². The molecule has 24 heavy (non-hydrogen) atoms. The SMILES string of the molecule is CC(=O)O[PH](c1ccccc1)(c1ccccc1)c1ccccc1.[Ru]. The Hall–Kier alpha value is -1.82. The fraction of sp³-hybridized carbons (Fsp3) is 0.0500. The summed E-state index contributed by atoms with van der Waals surface area (Å²) in [5, 5.41) is 3.19. The number of benzene rings is 3. The van der Waals surface area contributed by atoms with Crippen LogP contribution < -0.4 is 15.9 Å². The summed E-state index contributed by atoms with van der Waals surface area (Å²) in [6.07, 6.45) is 0. The van der Waals surface area contributed by atoms with E-state index in [-0.39, 0.29) is 25.4 Å². The largest absolute Gasteiger partial charge is 0 e. The molecular weight excluding hydrogens is 404 g/mol. The van der Waals surface area contributed by atoms with Gasteiger partial charge in [0.15, 0.2) is 0 Å². The number of carbonyl (C=O) groups is 1. The van der Waals surface area contributed by atoms with E-state index in [1.807, 2.05) is 54.6 Å². The summed E-state index contributed by atoms with van der Waals surface area (Å²) in [4.78, 5) is 12.0. The molecule has 4 heteroatoms. The van der Waals surface area contributed by atoms with Gasteiger partial charge < -0.3 is 0 Å². The van der Waals surface area contributed by atoms with Crippen LogP contribution in [0.25, 0.3) is 0 Å². The van der Waals surface area contributed by atoms with E-state index in [0.29, 0.717) is 0 Å². The minimum atomic E-state index is -2.84. The molecule has 0 amide bonds. The van der Waals surface area contributed by atoms with E-state index in [4.69, 9.17) is 4.52 Å². The summed E-state index contributed by atoms with van der Waals surface area (Å²) in [7, 11) is -2.84. The Morgan fingerprint density at radius 3 is 1.21 bits per heavy atom. The van der Waals surface area contributed by atoms with Gasteiger partial charge in [-0.1, -0.05) is 0 Å². The first-order valence-corrected chi connectivity index (χ1v) is 9.50. The van der Waals surface area contributed by atoms with Crippen LogP contribution in [0.4, 0.5) is 0 Å². The summed E-state index contributed by atoms with van der Waals surface area (Å²) >= 11 is 0. The van der Waals surface area contributed by atoms with Crippen molar-refractivity contribution in [3.63, 3.8) is 0 Å². The quantitative estimate of drug-likeness (QED) is 0.476. The van der Waals surface area contributed by atoms with Gasteiger partial charge in [0.1, 0.15) is 0 Å². The molecule has 0 aliphatic rings. The van der Waals surface area contributed by atoms with Crippen molar-refractivity contribution in [2.45, 2.75) is 6.92 Å². The zero-order valence-corrected chi connectivity index (χ0v) is 16.1. The molecule has 0 bridgehead atoms. The first-order valence-electron chi connectivity index (χ1n) is 7.59. The minimum absolute atomic E-state index is 0. The monoisotopic (exact) mass is 424 g/mol. The van der Waals surface area contributed by atoms with Crippen molar-refractivity contribution in [1.82, 2.24) is 0 Å². The van der Waals surface area contributed by atoms with Gasteiger partial charge >= 0.3 is 137 Å². The van der Waals surface area contributed by atoms with Crippen molar-refractivity contribution in [3.8, 4) is 0 Å². The number of carbonyl (C=O) groups excluding carboxylic acids is 1. The fourth-order valence-corrected chi connectivity index (χ4v) is 6.68. The Bertz CT molecular complexity index is 680. The summed E-state index contributed by atoms with van der Waals surface area (Å²) in [6, 6.07) is 30.2. The van der Waals surface area contributed by atoms with Crippen LogP contribution in [-0.2, 0) is 28.8 Å². The maximum absolute atomic E-state index is 12.0. The van der Waals surface area contributed by atoms with Crippen molar-refractivity contribution in [1.29, 1.82) is 0 Å². The van der Waals surface area contributed by atoms with Crippen LogP contribution in [-0.4, -0.2) is 5.97 Å². The van der Waals surface area contributed by atoms with E-state index < -0.39 is 7.49 Å². The second-order valence-electron chi connectivity index (χ2n) is 5.37. The predicted octanol–water partition coefficient (Wildman–Crippen LogP) is 3.19. The van der Waals surface area contributed by atoms with Crippen LogP contribution in [0.1, 0.15) is 6.92 Å². The van der Waals surface area contributed by atoms with Crippen LogP contribution in [0.3, 0.4) is 0 Å². The molecule has 0 spiro atoms. The molecule has 0 heterocycles. The van der Waals surface area contributed by atoms with Crippen molar-refractivity contribution in [2.24, 2.45) is 0 Å². The molecule has 0 unspecified atom stereocenters. The number of rotatable bonds is 4. The van der Waals surface area contributed by atoms with E-state index in [2.05, 4.69) is 36.4 Å². The molecule has 124 valence electrons. The smallest absolute Gasteiger partial charge is 0 e. The molecule has 0 atom stereocenters. The maximum atomic E-state index is 12.0. The molecule has 0 saturated heterocycles. The first kappa shape index (κ1) is 18.5. The molecule has 3 aromatic carbocycles. The molecule has 0 radical (unpaired) electrons. The molecule has 3 aromatic rings. The fourth-order valence-electron chi connectivity index (χ4n) is 2.91. The average molecular weight is 423 g/mol. The molecular formula is C20H19O2PRu. The van der Waals surface area contributed by atoms with E-state index in [1.54, 1.807) is 0 Å². The second kappa shape index (κ2) is 8.33. The minimum Gasteiger partial charge on any atom is 0 e. The summed E-state index contributed by atoms with van der Waals surface area (Å²) in [6.45, 7) is 1.48. The van der Waals surface area contributed by atoms with E-state index in [1.165, 1.54) is 6.92 Å². The van der Waals surface area contributed by atoms with Crippen molar-refractivity contribution < 1.29 is 28.8 Å². The molecule has 0 aliphatic carbocycles. The Morgan fingerprint density at radius 1 is 0.667 bits per heavy atom. The number of hydrogen-bond acceptors (Lipinski definition) is 2. The summed E-state index contributed by atoms with van der Waals surface area (Å²) in [5.74, 6) is -0.256. The van der Waals surface area contributed by atoms with Crippen LogP contribution >= 0.6 is 7.49 Å². The number of hydrogen-bond donors (Lipinski definition) is 0. The van der Waals surface area contributed by atoms with Crippen LogP contribution in [0.2, 0.25) is 0 Å². The van der Waals surface area contributed by atoms with E-state index in [9.17, 15) is 4.79 Å². The molecule has 0 fully saturated rings. The summed E-state index contributed by atoms with van der Waals surface area (Å²) < 4.78 is 6.10. The molecule has 3 rings (SSSR count). The zero-order chi connectivity index (χ0) is 16.1. The molecule has 0 aliphatic heterocycles. The Balaban J connectivity index is 0.00000208. The van der Waals surface area contributed by atoms with Gasteiger partial charge in [-0.3, -0.25) is 0 Å². The third-order valence-corrected chi connectivity index (χ3v) is 7.87. The van der Waals surface area contributed by atoms with Gasteiger partial charge in [0.2, 0.25) is 0 Å². The van der Waals surface area contributed by atoms with Crippen molar-refractivity contribution in [3.05, 3.63) is 91.0 Å². The van der Waals surface area contributed by atoms with Crippen molar-refractivity contribution in [2.75, 3.05) is 0 Å². The first-order chi connectivity index (χ1) is 11.2. The standard InChI is InChI=1S/C20H19O2P.Ru/c1-17(21)22-23(18-11-5-2-6-12-18,19-13-7-3-8-14-19)20-15-9-4-10-16-20;/h2-16,23H,1H3;. The maximum Gasteiger partial charge on any atom is 0 e. The molecule has 0 N–H and O–H groups in total. The van der Waals surface area contributed by atoms with Gasteiger partial charge in [-0.15, -0.1) is 0 Å². The second-order valence-corrected chi connectivity index (χ2v) is 8.67. The topological polar surface area (TPSA) is 26.3 Å². The summed E-state index contributed by atoms with van der Waals surface area (Å²) in [5.41, 5.74) is 0. The third kappa shape index (κ3) is 3.64. The normalized spacial score (nSPS) is 11.2. The van der Waals surface area contributed by atoms with Gasteiger partial charge in [0.25, 0.3) is 0 Å². The third-order valence-electron chi connectivity index (χ3n) is 3.84. The Labute approximate surface area is 156 Å². The van der Waals surface area contributed by atoms with Crippen LogP contribution in [0, 0.1) is 0 Å². The molecule has 0 aromatic heterocycles. The van der Waals surface area contributed by atoms with Crippen LogP contribution in [0.5, 0.6) is 0 Å². The Morgan fingerprint density at radius 2 is 0.958 bits per heavy atom. The van der Waals surface area contributed by atoms with Gasteiger partial charge in [-0.25, -0.2) is 0 Å². The predicted molar refractivity (Wildman–Crippen MR) is 98.3 cm³/mol. The van der Waals surface area contributed by atoms with E-state index in [0.717, 1.165) is 15.9 Å². The van der Waals surface area contributed by atoms with Gasteiger partial charge in [0, 0.05) is 19.5 Å². The van der Waals surface area contributed by atoms with E-state index >= 15 is 0 Å². The van der Waals surface area contributed by atoms with Crippen LogP contribution in [0.15, 0.2) is 91.0 Å². The zero-order valence-electron chi connectivity index (χ0n) is 13.3. The average Bonchev–Trinajstić information content (AvgIpc) is 2.62. The molecule has 0 saturated carbocycles.